The van der Waals surface area contributed by atoms with Crippen LogP contribution in [0.15, 0.2) is 42.7 Å². The summed E-state index contributed by atoms with van der Waals surface area (Å²) in [6, 6.07) is 9.90. The molecule has 7 nitrogen and oxygen atoms in total. The van der Waals surface area contributed by atoms with Crippen molar-refractivity contribution in [3.8, 4) is 10.6 Å². The fourth-order valence-electron chi connectivity index (χ4n) is 3.00. The molecule has 0 aliphatic carbocycles. The third-order valence-electron chi connectivity index (χ3n) is 4.49. The van der Waals surface area contributed by atoms with Crippen molar-refractivity contribution in [3.05, 3.63) is 48.3 Å². The van der Waals surface area contributed by atoms with Gasteiger partial charge in [0.2, 0.25) is 0 Å². The van der Waals surface area contributed by atoms with Gasteiger partial charge in [-0.05, 0) is 36.8 Å². The summed E-state index contributed by atoms with van der Waals surface area (Å²) in [6.07, 6.45) is 3.67. The smallest absolute Gasteiger partial charge is 0.183 e. The first-order chi connectivity index (χ1) is 13.8. The van der Waals surface area contributed by atoms with Gasteiger partial charge in [-0.3, -0.25) is 4.90 Å². The summed E-state index contributed by atoms with van der Waals surface area (Å²) < 4.78 is 5.38. The Morgan fingerprint density at radius 3 is 2.89 bits per heavy atom. The summed E-state index contributed by atoms with van der Waals surface area (Å²) in [7, 11) is 0. The number of nitrogens with zero attached hydrogens (tertiary/aromatic N) is 4. The number of ether oxygens (including phenoxy) is 1. The van der Waals surface area contributed by atoms with E-state index in [0.717, 1.165) is 72.3 Å². The zero-order valence-corrected chi connectivity index (χ0v) is 16.7. The van der Waals surface area contributed by atoms with E-state index in [-0.39, 0.29) is 0 Å². The number of nitrogens with one attached hydrogen (secondary N) is 2. The van der Waals surface area contributed by atoms with E-state index < -0.39 is 0 Å². The maximum Gasteiger partial charge on any atom is 0.183 e. The molecule has 0 aromatic carbocycles. The Bertz CT molecular complexity index is 909. The minimum absolute atomic E-state index is 0.769. The van der Waals surface area contributed by atoms with Gasteiger partial charge in [0.05, 0.1) is 23.8 Å². The zero-order valence-electron chi connectivity index (χ0n) is 15.9. The largest absolute Gasteiger partial charge is 0.379 e. The van der Waals surface area contributed by atoms with Crippen LogP contribution in [-0.4, -0.2) is 59.2 Å². The highest BCUT2D eigenvalue weighted by molar-refractivity contribution is 7.18. The van der Waals surface area contributed by atoms with Crippen LogP contribution in [0.5, 0.6) is 0 Å². The summed E-state index contributed by atoms with van der Waals surface area (Å²) >= 11 is 1.62. The quantitative estimate of drug-likeness (QED) is 0.634. The van der Waals surface area contributed by atoms with Gasteiger partial charge in [-0.15, -0.1) is 0 Å². The molecule has 0 atom stereocenters. The first-order valence-electron chi connectivity index (χ1n) is 9.43. The Morgan fingerprint density at radius 2 is 2.04 bits per heavy atom. The van der Waals surface area contributed by atoms with Gasteiger partial charge >= 0.3 is 0 Å². The lowest BCUT2D eigenvalue weighted by Gasteiger charge is -2.26. The Balaban J connectivity index is 1.36. The lowest BCUT2D eigenvalue weighted by Crippen LogP contribution is -2.38. The summed E-state index contributed by atoms with van der Waals surface area (Å²) in [6.45, 7) is 7.59. The number of rotatable bonds is 7. The van der Waals surface area contributed by atoms with Crippen molar-refractivity contribution < 1.29 is 4.74 Å². The molecular formula is C20H24N6OS. The predicted octanol–water partition coefficient (Wildman–Crippen LogP) is 3.40. The van der Waals surface area contributed by atoms with E-state index in [2.05, 4.69) is 25.5 Å². The average Bonchev–Trinajstić information content (AvgIpc) is 3.18. The topological polar surface area (TPSA) is 75.2 Å². The number of thiazole rings is 1. The van der Waals surface area contributed by atoms with Gasteiger partial charge in [0.15, 0.2) is 5.13 Å². The molecule has 146 valence electrons. The van der Waals surface area contributed by atoms with E-state index in [1.807, 2.05) is 43.5 Å². The van der Waals surface area contributed by atoms with Crippen LogP contribution in [0.3, 0.4) is 0 Å². The van der Waals surface area contributed by atoms with Crippen LogP contribution in [0, 0.1) is 6.92 Å². The van der Waals surface area contributed by atoms with Crippen molar-refractivity contribution in [2.24, 2.45) is 0 Å². The molecule has 3 aromatic heterocycles. The Hall–Kier alpha value is -2.55. The molecular weight excluding hydrogens is 372 g/mol. The number of hydrogen-bond acceptors (Lipinski definition) is 8. The van der Waals surface area contributed by atoms with Gasteiger partial charge < -0.3 is 15.4 Å². The molecule has 0 amide bonds. The number of aromatic nitrogens is 3. The SMILES string of the molecule is Cc1ccnc(Nc2cccc(-c3cnc(NCCN4CCOCC4)s3)n2)c1. The fourth-order valence-corrected chi connectivity index (χ4v) is 3.81. The maximum absolute atomic E-state index is 5.38. The van der Waals surface area contributed by atoms with Crippen molar-refractivity contribution in [3.63, 3.8) is 0 Å². The molecule has 1 saturated heterocycles. The van der Waals surface area contributed by atoms with Gasteiger partial charge in [0, 0.05) is 38.6 Å². The molecule has 0 spiro atoms. The fraction of sp³-hybridized carbons (Fsp3) is 0.350. The summed E-state index contributed by atoms with van der Waals surface area (Å²) in [4.78, 5) is 17.0. The molecule has 0 unspecified atom stereocenters. The summed E-state index contributed by atoms with van der Waals surface area (Å²) in [5, 5.41) is 7.60. The molecule has 4 heterocycles. The van der Waals surface area contributed by atoms with Crippen LogP contribution in [0.25, 0.3) is 10.6 Å². The van der Waals surface area contributed by atoms with Crippen molar-refractivity contribution in [1.29, 1.82) is 0 Å². The second kappa shape index (κ2) is 9.09. The van der Waals surface area contributed by atoms with Crippen LogP contribution in [0.1, 0.15) is 5.56 Å². The molecule has 0 radical (unpaired) electrons. The second-order valence-electron chi connectivity index (χ2n) is 6.66. The third-order valence-corrected chi connectivity index (χ3v) is 5.46. The highest BCUT2D eigenvalue weighted by Gasteiger charge is 2.11. The summed E-state index contributed by atoms with van der Waals surface area (Å²) in [5.74, 6) is 1.56. The van der Waals surface area contributed by atoms with Crippen LogP contribution in [0.2, 0.25) is 0 Å². The minimum Gasteiger partial charge on any atom is -0.379 e. The molecule has 28 heavy (non-hydrogen) atoms. The van der Waals surface area contributed by atoms with Gasteiger partial charge in [-0.2, -0.15) is 0 Å². The van der Waals surface area contributed by atoms with E-state index >= 15 is 0 Å². The van der Waals surface area contributed by atoms with E-state index in [4.69, 9.17) is 9.72 Å². The van der Waals surface area contributed by atoms with Gasteiger partial charge in [-0.25, -0.2) is 15.0 Å². The lowest BCUT2D eigenvalue weighted by atomic mass is 10.3. The van der Waals surface area contributed by atoms with E-state index in [1.54, 1.807) is 17.5 Å². The number of hydrogen-bond donors (Lipinski definition) is 2. The molecule has 3 aromatic rings. The standard InChI is InChI=1S/C20H24N6OS/c1-15-5-6-21-19(13-15)25-18-4-2-3-16(24-18)17-14-23-20(28-17)22-7-8-26-9-11-27-12-10-26/h2-6,13-14H,7-12H2,1H3,(H,22,23)(H,21,24,25). The Kier molecular flexibility index (Phi) is 6.11. The molecule has 8 heteroatoms. The second-order valence-corrected chi connectivity index (χ2v) is 7.69. The number of anilines is 3. The monoisotopic (exact) mass is 396 g/mol. The number of aryl methyl sites for hydroxylation is 1. The Labute approximate surface area is 168 Å². The van der Waals surface area contributed by atoms with Gasteiger partial charge in [0.1, 0.15) is 11.6 Å². The molecule has 1 aliphatic heterocycles. The number of morpholine rings is 1. The van der Waals surface area contributed by atoms with E-state index in [0.29, 0.717) is 0 Å². The number of pyridine rings is 2. The Morgan fingerprint density at radius 1 is 1.14 bits per heavy atom. The molecule has 1 fully saturated rings. The minimum atomic E-state index is 0.769. The van der Waals surface area contributed by atoms with Crippen LogP contribution < -0.4 is 10.6 Å². The van der Waals surface area contributed by atoms with Crippen LogP contribution >= 0.6 is 11.3 Å². The maximum atomic E-state index is 5.38. The highest BCUT2D eigenvalue weighted by Crippen LogP contribution is 2.28. The lowest BCUT2D eigenvalue weighted by molar-refractivity contribution is 0.0398. The molecule has 2 N–H and O–H groups in total. The van der Waals surface area contributed by atoms with Crippen molar-refractivity contribution in [2.45, 2.75) is 6.92 Å². The molecule has 0 bridgehead atoms. The van der Waals surface area contributed by atoms with Crippen molar-refractivity contribution in [1.82, 2.24) is 19.9 Å². The van der Waals surface area contributed by atoms with Crippen molar-refractivity contribution in [2.75, 3.05) is 50.0 Å². The van der Waals surface area contributed by atoms with E-state index in [9.17, 15) is 0 Å². The van der Waals surface area contributed by atoms with Crippen LogP contribution in [-0.2, 0) is 4.74 Å². The summed E-state index contributed by atoms with van der Waals surface area (Å²) in [5.41, 5.74) is 2.06. The first kappa shape index (κ1) is 18.8. The third kappa shape index (κ3) is 5.03. The van der Waals surface area contributed by atoms with Crippen LogP contribution in [0.4, 0.5) is 16.8 Å². The predicted molar refractivity (Wildman–Crippen MR) is 113 cm³/mol. The first-order valence-corrected chi connectivity index (χ1v) is 10.2. The van der Waals surface area contributed by atoms with Gasteiger partial charge in [0.25, 0.3) is 0 Å². The van der Waals surface area contributed by atoms with Crippen molar-refractivity contribution >= 4 is 28.1 Å². The molecule has 4 rings (SSSR count). The highest BCUT2D eigenvalue weighted by atomic mass is 32.1. The zero-order chi connectivity index (χ0) is 19.2. The average molecular weight is 397 g/mol. The normalized spacial score (nSPS) is 14.8. The van der Waals surface area contributed by atoms with E-state index in [1.165, 1.54) is 0 Å². The van der Waals surface area contributed by atoms with Gasteiger partial charge in [-0.1, -0.05) is 17.4 Å². The molecule has 0 saturated carbocycles. The molecule has 1 aliphatic rings.